The number of rotatable bonds is 5. The molecule has 3 saturated carbocycles. The second kappa shape index (κ2) is 8.42. The highest BCUT2D eigenvalue weighted by Crippen LogP contribution is 2.67. The summed E-state index contributed by atoms with van der Waals surface area (Å²) in [5.41, 5.74) is 4.21. The molecule has 1 heteroatoms. The molecule has 0 aromatic carbocycles. The maximum absolute atomic E-state index is 10.2. The zero-order valence-electron chi connectivity index (χ0n) is 20.7. The molecule has 8 atom stereocenters. The number of allylic oxidation sites excluding steroid dienone is 3. The summed E-state index contributed by atoms with van der Waals surface area (Å²) >= 11 is 0. The zero-order chi connectivity index (χ0) is 21.7. The number of aliphatic hydroxyl groups excluding tert-OH is 1. The summed E-state index contributed by atoms with van der Waals surface area (Å²) in [6.45, 7) is 14.7. The Labute approximate surface area is 186 Å². The molecule has 0 aromatic rings. The Balaban J connectivity index is 1.49. The topological polar surface area (TPSA) is 20.2 Å². The van der Waals surface area contributed by atoms with E-state index in [1.807, 2.05) is 0 Å². The van der Waals surface area contributed by atoms with E-state index in [9.17, 15) is 5.11 Å². The minimum absolute atomic E-state index is 0.0839. The van der Waals surface area contributed by atoms with Gasteiger partial charge in [0.1, 0.15) is 0 Å². The first-order chi connectivity index (χ1) is 14.2. The standard InChI is InChI=1S/C29H48O/c1-7-21(19(2)3)9-8-20(4)25-12-13-26-24-11-10-22-18-23(30)14-16-28(22,5)27(24)15-17-29(25,26)6/h7,10,19-20,23-27,30H,8-9,11-18H2,1-6H3/b21-7-/t20-,23+,24?,25?,26?,27?,28+,29-/m1/s1. The van der Waals surface area contributed by atoms with Crippen molar-refractivity contribution in [2.24, 2.45) is 46.3 Å². The van der Waals surface area contributed by atoms with E-state index in [2.05, 4.69) is 53.7 Å². The average Bonchev–Trinajstić information content (AvgIpc) is 3.06. The molecular formula is C29H48O. The minimum Gasteiger partial charge on any atom is -0.393 e. The van der Waals surface area contributed by atoms with Crippen molar-refractivity contribution in [3.05, 3.63) is 23.3 Å². The van der Waals surface area contributed by atoms with Crippen molar-refractivity contribution in [2.75, 3.05) is 0 Å². The Bertz CT molecular complexity index is 686. The van der Waals surface area contributed by atoms with Crippen LogP contribution in [0.3, 0.4) is 0 Å². The number of hydrogen-bond acceptors (Lipinski definition) is 1. The van der Waals surface area contributed by atoms with Gasteiger partial charge >= 0.3 is 0 Å². The van der Waals surface area contributed by atoms with Gasteiger partial charge in [-0.2, -0.15) is 0 Å². The average molecular weight is 413 g/mol. The first-order valence-corrected chi connectivity index (χ1v) is 13.2. The van der Waals surface area contributed by atoms with E-state index in [0.29, 0.717) is 16.7 Å². The van der Waals surface area contributed by atoms with Gasteiger partial charge in [-0.25, -0.2) is 0 Å². The van der Waals surface area contributed by atoms with Gasteiger partial charge in [-0.15, -0.1) is 0 Å². The molecule has 4 aliphatic rings. The molecule has 0 amide bonds. The van der Waals surface area contributed by atoms with Crippen molar-refractivity contribution in [2.45, 2.75) is 112 Å². The van der Waals surface area contributed by atoms with E-state index in [0.717, 1.165) is 42.4 Å². The second-order valence-corrected chi connectivity index (χ2v) is 12.4. The second-order valence-electron chi connectivity index (χ2n) is 12.4. The lowest BCUT2D eigenvalue weighted by Crippen LogP contribution is -2.50. The summed E-state index contributed by atoms with van der Waals surface area (Å²) in [5, 5.41) is 10.2. The number of aliphatic hydroxyl groups is 1. The maximum atomic E-state index is 10.2. The maximum Gasteiger partial charge on any atom is 0.0577 e. The first kappa shape index (κ1) is 22.6. The van der Waals surface area contributed by atoms with Crippen LogP contribution >= 0.6 is 0 Å². The molecule has 170 valence electrons. The van der Waals surface area contributed by atoms with Crippen LogP contribution < -0.4 is 0 Å². The monoisotopic (exact) mass is 412 g/mol. The van der Waals surface area contributed by atoms with Gasteiger partial charge in [-0.3, -0.25) is 0 Å². The number of fused-ring (bicyclic) bond motifs is 5. The Morgan fingerprint density at radius 1 is 1.10 bits per heavy atom. The predicted octanol–water partition coefficient (Wildman–Crippen LogP) is 7.94. The normalized spacial score (nSPS) is 44.9. The quantitative estimate of drug-likeness (QED) is 0.454. The van der Waals surface area contributed by atoms with Gasteiger partial charge in [0.2, 0.25) is 0 Å². The van der Waals surface area contributed by atoms with E-state index < -0.39 is 0 Å². The fraction of sp³-hybridized carbons (Fsp3) is 0.862. The molecule has 0 aromatic heterocycles. The summed E-state index contributed by atoms with van der Waals surface area (Å²) in [4.78, 5) is 0. The third kappa shape index (κ3) is 3.66. The highest BCUT2D eigenvalue weighted by molar-refractivity contribution is 5.25. The highest BCUT2D eigenvalue weighted by atomic mass is 16.3. The van der Waals surface area contributed by atoms with Gasteiger partial charge in [-0.1, -0.05) is 57.9 Å². The summed E-state index contributed by atoms with van der Waals surface area (Å²) in [6.07, 6.45) is 17.8. The van der Waals surface area contributed by atoms with Gasteiger partial charge < -0.3 is 5.11 Å². The molecule has 0 heterocycles. The van der Waals surface area contributed by atoms with E-state index >= 15 is 0 Å². The molecule has 0 aliphatic heterocycles. The smallest absolute Gasteiger partial charge is 0.0577 e. The molecule has 4 aliphatic carbocycles. The van der Waals surface area contributed by atoms with Crippen molar-refractivity contribution in [1.82, 2.24) is 0 Å². The molecule has 1 nitrogen and oxygen atoms in total. The van der Waals surface area contributed by atoms with Crippen LogP contribution in [0.1, 0.15) is 106 Å². The lowest BCUT2D eigenvalue weighted by molar-refractivity contribution is -0.0571. The van der Waals surface area contributed by atoms with Gasteiger partial charge in [0.25, 0.3) is 0 Å². The summed E-state index contributed by atoms with van der Waals surface area (Å²) in [5.74, 6) is 5.15. The molecule has 0 spiro atoms. The summed E-state index contributed by atoms with van der Waals surface area (Å²) in [6, 6.07) is 0. The van der Waals surface area contributed by atoms with Crippen molar-refractivity contribution in [1.29, 1.82) is 0 Å². The van der Waals surface area contributed by atoms with E-state index in [-0.39, 0.29) is 6.10 Å². The molecule has 4 unspecified atom stereocenters. The predicted molar refractivity (Wildman–Crippen MR) is 128 cm³/mol. The van der Waals surface area contributed by atoms with E-state index in [1.165, 1.54) is 51.4 Å². The fourth-order valence-electron chi connectivity index (χ4n) is 8.98. The Hall–Kier alpha value is -0.560. The Morgan fingerprint density at radius 2 is 1.87 bits per heavy atom. The summed E-state index contributed by atoms with van der Waals surface area (Å²) < 4.78 is 0. The molecule has 3 fully saturated rings. The van der Waals surface area contributed by atoms with Gasteiger partial charge in [0, 0.05) is 0 Å². The highest BCUT2D eigenvalue weighted by Gasteiger charge is 2.59. The molecule has 0 saturated heterocycles. The van der Waals surface area contributed by atoms with Crippen LogP contribution in [0.25, 0.3) is 0 Å². The van der Waals surface area contributed by atoms with Gasteiger partial charge in [-0.05, 0) is 117 Å². The lowest BCUT2D eigenvalue weighted by atomic mass is 9.47. The molecule has 30 heavy (non-hydrogen) atoms. The molecule has 1 N–H and O–H groups in total. The Kier molecular flexibility index (Phi) is 6.35. The van der Waals surface area contributed by atoms with Crippen LogP contribution in [-0.4, -0.2) is 11.2 Å². The Morgan fingerprint density at radius 3 is 2.57 bits per heavy atom. The van der Waals surface area contributed by atoms with Crippen LogP contribution in [0.2, 0.25) is 0 Å². The molecular weight excluding hydrogens is 364 g/mol. The summed E-state index contributed by atoms with van der Waals surface area (Å²) in [7, 11) is 0. The van der Waals surface area contributed by atoms with Crippen LogP contribution in [0.4, 0.5) is 0 Å². The largest absolute Gasteiger partial charge is 0.393 e. The number of hydrogen-bond donors (Lipinski definition) is 1. The van der Waals surface area contributed by atoms with E-state index in [1.54, 1.807) is 11.1 Å². The SMILES string of the molecule is C/C=C(/CC[C@@H](C)C1CCC2C3CC=C4C[C@@H](O)CC[C@]4(C)C3CC[C@@]21C)C(C)C. The third-order valence-electron chi connectivity index (χ3n) is 10.8. The first-order valence-electron chi connectivity index (χ1n) is 13.2. The van der Waals surface area contributed by atoms with Crippen molar-refractivity contribution in [3.8, 4) is 0 Å². The lowest BCUT2D eigenvalue weighted by Gasteiger charge is -2.58. The van der Waals surface area contributed by atoms with Crippen molar-refractivity contribution in [3.63, 3.8) is 0 Å². The molecule has 4 rings (SSSR count). The van der Waals surface area contributed by atoms with Crippen molar-refractivity contribution < 1.29 is 5.11 Å². The van der Waals surface area contributed by atoms with Crippen molar-refractivity contribution >= 4 is 0 Å². The van der Waals surface area contributed by atoms with E-state index in [4.69, 9.17) is 0 Å². The van der Waals surface area contributed by atoms with Crippen LogP contribution in [-0.2, 0) is 0 Å². The molecule has 0 bridgehead atoms. The third-order valence-corrected chi connectivity index (χ3v) is 10.8. The fourth-order valence-corrected chi connectivity index (χ4v) is 8.98. The zero-order valence-corrected chi connectivity index (χ0v) is 20.7. The van der Waals surface area contributed by atoms with Crippen LogP contribution in [0, 0.1) is 46.3 Å². The molecule has 0 radical (unpaired) electrons. The van der Waals surface area contributed by atoms with Gasteiger partial charge in [0.05, 0.1) is 6.10 Å². The van der Waals surface area contributed by atoms with Gasteiger partial charge in [0.15, 0.2) is 0 Å². The van der Waals surface area contributed by atoms with Crippen LogP contribution in [0.5, 0.6) is 0 Å². The minimum atomic E-state index is -0.0839. The van der Waals surface area contributed by atoms with Crippen LogP contribution in [0.15, 0.2) is 23.3 Å².